The third-order valence-electron chi connectivity index (χ3n) is 3.49. The summed E-state index contributed by atoms with van der Waals surface area (Å²) in [6, 6.07) is 6.01. The maximum absolute atomic E-state index is 13.5. The zero-order valence-electron chi connectivity index (χ0n) is 13.7. The molecule has 2 rings (SSSR count). The van der Waals surface area contributed by atoms with Crippen LogP contribution >= 0.6 is 11.6 Å². The Morgan fingerprint density at radius 1 is 1.15 bits per heavy atom. The molecule has 0 fully saturated rings. The highest BCUT2D eigenvalue weighted by atomic mass is 35.5. The number of guanidine groups is 1. The van der Waals surface area contributed by atoms with E-state index >= 15 is 0 Å². The minimum atomic E-state index is -5.05. The van der Waals surface area contributed by atoms with Crippen LogP contribution in [0, 0.1) is 6.92 Å². The lowest BCUT2D eigenvalue weighted by Gasteiger charge is -2.16. The molecule has 6 nitrogen and oxygen atoms in total. The maximum Gasteiger partial charge on any atom is 0.417 e. The van der Waals surface area contributed by atoms with E-state index in [1.807, 2.05) is 0 Å². The van der Waals surface area contributed by atoms with E-state index in [9.17, 15) is 26.4 Å². The molecule has 2 aromatic rings. The molecule has 0 radical (unpaired) electrons. The van der Waals surface area contributed by atoms with Crippen molar-refractivity contribution in [2.45, 2.75) is 22.9 Å². The Balaban J connectivity index is 2.79. The highest BCUT2D eigenvalue weighted by Gasteiger charge is 2.39. The summed E-state index contributed by atoms with van der Waals surface area (Å²) in [5, 5.41) is 0.0425. The van der Waals surface area contributed by atoms with Gasteiger partial charge in [-0.05, 0) is 42.8 Å². The number of nitrogens with zero attached hydrogens (tertiary/aromatic N) is 1. The average Bonchev–Trinajstić information content (AvgIpc) is 2.52. The number of rotatable bonds is 3. The molecule has 4 N–H and O–H groups in total. The van der Waals surface area contributed by atoms with Gasteiger partial charge in [0.2, 0.25) is 9.84 Å². The van der Waals surface area contributed by atoms with Crippen LogP contribution in [0.15, 0.2) is 51.2 Å². The Kier molecular flexibility index (Phi) is 5.52. The fourth-order valence-electron chi connectivity index (χ4n) is 2.29. The van der Waals surface area contributed by atoms with Gasteiger partial charge in [0.05, 0.1) is 15.4 Å². The van der Waals surface area contributed by atoms with E-state index in [4.69, 9.17) is 23.1 Å². The molecule has 2 aromatic carbocycles. The van der Waals surface area contributed by atoms with Crippen molar-refractivity contribution in [2.24, 2.45) is 16.5 Å². The molecule has 0 atom stereocenters. The van der Waals surface area contributed by atoms with Gasteiger partial charge >= 0.3 is 6.18 Å². The summed E-state index contributed by atoms with van der Waals surface area (Å²) in [5.74, 6) is -1.76. The average molecular weight is 420 g/mol. The summed E-state index contributed by atoms with van der Waals surface area (Å²) < 4.78 is 66.1. The van der Waals surface area contributed by atoms with Crippen LogP contribution in [-0.2, 0) is 16.0 Å². The molecule has 0 aliphatic rings. The van der Waals surface area contributed by atoms with Gasteiger partial charge in [0.15, 0.2) is 5.96 Å². The standard InChI is InChI=1S/C16H13ClF3N3O3S/c1-8-5-13(27(25,26)10-4-2-3-9(17)6-10)12(16(18,19)20)7-11(8)14(24)23-15(21)22/h2-7H,1H3,(H4,21,22,23,24). The van der Waals surface area contributed by atoms with E-state index < -0.39 is 48.8 Å². The van der Waals surface area contributed by atoms with Crippen molar-refractivity contribution in [1.29, 1.82) is 0 Å². The van der Waals surface area contributed by atoms with Crippen molar-refractivity contribution in [1.82, 2.24) is 0 Å². The molecule has 11 heteroatoms. The van der Waals surface area contributed by atoms with E-state index in [-0.39, 0.29) is 10.6 Å². The van der Waals surface area contributed by atoms with Crippen LogP contribution in [0.1, 0.15) is 21.5 Å². The monoisotopic (exact) mass is 419 g/mol. The molecule has 0 saturated carbocycles. The molecular weight excluding hydrogens is 407 g/mol. The van der Waals surface area contributed by atoms with E-state index in [0.29, 0.717) is 6.07 Å². The molecule has 27 heavy (non-hydrogen) atoms. The van der Waals surface area contributed by atoms with Crippen molar-refractivity contribution in [3.63, 3.8) is 0 Å². The molecule has 0 spiro atoms. The van der Waals surface area contributed by atoms with Crippen molar-refractivity contribution in [2.75, 3.05) is 0 Å². The van der Waals surface area contributed by atoms with Gasteiger partial charge in [-0.1, -0.05) is 17.7 Å². The molecule has 0 aliphatic heterocycles. The van der Waals surface area contributed by atoms with Crippen molar-refractivity contribution < 1.29 is 26.4 Å². The highest BCUT2D eigenvalue weighted by Crippen LogP contribution is 2.38. The van der Waals surface area contributed by atoms with Crippen molar-refractivity contribution >= 4 is 33.3 Å². The van der Waals surface area contributed by atoms with Crippen molar-refractivity contribution in [3.05, 3.63) is 58.1 Å². The number of carbonyl (C=O) groups is 1. The largest absolute Gasteiger partial charge is 0.417 e. The van der Waals surface area contributed by atoms with Gasteiger partial charge in [-0.2, -0.15) is 18.2 Å². The molecule has 0 saturated heterocycles. The SMILES string of the molecule is Cc1cc(S(=O)(=O)c2cccc(Cl)c2)c(C(F)(F)F)cc1C(=O)N=C(N)N. The Morgan fingerprint density at radius 2 is 1.78 bits per heavy atom. The Labute approximate surface area is 157 Å². The number of halogens is 4. The predicted octanol–water partition coefficient (Wildman–Crippen LogP) is 2.91. The van der Waals surface area contributed by atoms with Crippen LogP contribution in [0.25, 0.3) is 0 Å². The Bertz CT molecular complexity index is 1050. The van der Waals surface area contributed by atoms with Crippen LogP contribution < -0.4 is 11.5 Å². The number of alkyl halides is 3. The lowest BCUT2D eigenvalue weighted by Crippen LogP contribution is -2.24. The van der Waals surface area contributed by atoms with Gasteiger partial charge in [0, 0.05) is 10.6 Å². The number of carbonyl (C=O) groups excluding carboxylic acids is 1. The minimum Gasteiger partial charge on any atom is -0.370 e. The molecule has 0 heterocycles. The van der Waals surface area contributed by atoms with E-state index in [0.717, 1.165) is 18.2 Å². The van der Waals surface area contributed by atoms with Gasteiger partial charge in [-0.25, -0.2) is 8.42 Å². The van der Waals surface area contributed by atoms with E-state index in [1.165, 1.54) is 19.1 Å². The molecule has 0 aliphatic carbocycles. The van der Waals surface area contributed by atoms with Crippen LogP contribution in [0.3, 0.4) is 0 Å². The van der Waals surface area contributed by atoms with E-state index in [1.54, 1.807) is 0 Å². The zero-order chi connectivity index (χ0) is 20.6. The van der Waals surface area contributed by atoms with Crippen LogP contribution in [-0.4, -0.2) is 20.3 Å². The van der Waals surface area contributed by atoms with Gasteiger partial charge in [0.1, 0.15) is 0 Å². The Morgan fingerprint density at radius 3 is 2.30 bits per heavy atom. The number of hydrogen-bond donors (Lipinski definition) is 2. The quantitative estimate of drug-likeness (QED) is 0.586. The highest BCUT2D eigenvalue weighted by molar-refractivity contribution is 7.91. The second-order valence-corrected chi connectivity index (χ2v) is 7.82. The van der Waals surface area contributed by atoms with Crippen LogP contribution in [0.2, 0.25) is 5.02 Å². The summed E-state index contributed by atoms with van der Waals surface area (Å²) in [7, 11) is -4.56. The summed E-state index contributed by atoms with van der Waals surface area (Å²) in [6.07, 6.45) is -5.05. The third kappa shape index (κ3) is 4.40. The third-order valence-corrected chi connectivity index (χ3v) is 5.52. The van der Waals surface area contributed by atoms with Crippen molar-refractivity contribution in [3.8, 4) is 0 Å². The first-order valence-corrected chi connectivity index (χ1v) is 9.06. The number of aliphatic imine (C=N–C) groups is 1. The predicted molar refractivity (Wildman–Crippen MR) is 93.2 cm³/mol. The number of sulfone groups is 1. The number of benzene rings is 2. The molecule has 0 bridgehead atoms. The first-order chi connectivity index (χ1) is 12.3. The van der Waals surface area contributed by atoms with Crippen LogP contribution in [0.4, 0.5) is 13.2 Å². The molecule has 144 valence electrons. The Hall–Kier alpha value is -2.59. The fourth-order valence-corrected chi connectivity index (χ4v) is 4.14. The molecular formula is C16H13ClF3N3O3S. The summed E-state index contributed by atoms with van der Waals surface area (Å²) in [4.78, 5) is 13.7. The lowest BCUT2D eigenvalue weighted by molar-refractivity contribution is -0.139. The lowest BCUT2D eigenvalue weighted by atomic mass is 10.0. The fraction of sp³-hybridized carbons (Fsp3) is 0.125. The first-order valence-electron chi connectivity index (χ1n) is 7.20. The van der Waals surface area contributed by atoms with Crippen LogP contribution in [0.5, 0.6) is 0 Å². The second-order valence-electron chi connectivity index (χ2n) is 5.46. The number of nitrogens with two attached hydrogens (primary N) is 2. The number of aryl methyl sites for hydroxylation is 1. The smallest absolute Gasteiger partial charge is 0.370 e. The number of amides is 1. The second kappa shape index (κ2) is 7.20. The topological polar surface area (TPSA) is 116 Å². The molecule has 0 aromatic heterocycles. The summed E-state index contributed by atoms with van der Waals surface area (Å²) in [5.41, 5.74) is 8.11. The van der Waals surface area contributed by atoms with Gasteiger partial charge < -0.3 is 11.5 Å². The maximum atomic E-state index is 13.5. The molecule has 1 amide bonds. The normalized spacial score (nSPS) is 11.9. The minimum absolute atomic E-state index is 0.0425. The first kappa shape index (κ1) is 20.7. The van der Waals surface area contributed by atoms with Gasteiger partial charge in [0.25, 0.3) is 5.91 Å². The van der Waals surface area contributed by atoms with Gasteiger partial charge in [-0.15, -0.1) is 0 Å². The van der Waals surface area contributed by atoms with Gasteiger partial charge in [-0.3, -0.25) is 4.79 Å². The summed E-state index contributed by atoms with van der Waals surface area (Å²) in [6.45, 7) is 1.27. The molecule has 0 unspecified atom stereocenters. The summed E-state index contributed by atoms with van der Waals surface area (Å²) >= 11 is 5.74. The number of hydrogen-bond acceptors (Lipinski definition) is 3. The van der Waals surface area contributed by atoms with E-state index in [2.05, 4.69) is 4.99 Å². The zero-order valence-corrected chi connectivity index (χ0v) is 15.3.